The number of hydrogen-bond donors (Lipinski definition) is 1. The SMILES string of the molecule is C1CNC(CN(CCCN2CCCC2)CC2CC2)C1. The van der Waals surface area contributed by atoms with Gasteiger partial charge in [-0.05, 0) is 83.6 Å². The fraction of sp³-hybridized carbons (Fsp3) is 1.00. The lowest BCUT2D eigenvalue weighted by Gasteiger charge is -2.26. The first kappa shape index (κ1) is 13.8. The molecule has 3 nitrogen and oxygen atoms in total. The number of hydrogen-bond acceptors (Lipinski definition) is 3. The van der Waals surface area contributed by atoms with Crippen molar-refractivity contribution in [1.29, 1.82) is 0 Å². The van der Waals surface area contributed by atoms with Crippen LogP contribution in [-0.2, 0) is 0 Å². The number of rotatable bonds is 8. The molecule has 0 bridgehead atoms. The monoisotopic (exact) mass is 265 g/mol. The number of nitrogens with zero attached hydrogens (tertiary/aromatic N) is 2. The summed E-state index contributed by atoms with van der Waals surface area (Å²) >= 11 is 0. The highest BCUT2D eigenvalue weighted by Gasteiger charge is 2.26. The first-order valence-electron chi connectivity index (χ1n) is 8.58. The molecule has 0 aromatic carbocycles. The van der Waals surface area contributed by atoms with E-state index >= 15 is 0 Å². The van der Waals surface area contributed by atoms with Crippen LogP contribution in [0.15, 0.2) is 0 Å². The van der Waals surface area contributed by atoms with Gasteiger partial charge in [0.15, 0.2) is 0 Å². The van der Waals surface area contributed by atoms with Gasteiger partial charge in [-0.3, -0.25) is 0 Å². The fourth-order valence-electron chi connectivity index (χ4n) is 3.67. The Labute approximate surface area is 118 Å². The Balaban J connectivity index is 1.36. The molecule has 1 aliphatic carbocycles. The molecule has 1 unspecified atom stereocenters. The van der Waals surface area contributed by atoms with Crippen LogP contribution < -0.4 is 5.32 Å². The molecule has 0 spiro atoms. The maximum Gasteiger partial charge on any atom is 0.0195 e. The molecular weight excluding hydrogens is 234 g/mol. The summed E-state index contributed by atoms with van der Waals surface area (Å²) in [6, 6.07) is 0.783. The molecule has 3 rings (SSSR count). The zero-order valence-corrected chi connectivity index (χ0v) is 12.4. The van der Waals surface area contributed by atoms with E-state index in [-0.39, 0.29) is 0 Å². The predicted molar refractivity (Wildman–Crippen MR) is 80.5 cm³/mol. The molecule has 2 aliphatic heterocycles. The summed E-state index contributed by atoms with van der Waals surface area (Å²) in [5.74, 6) is 1.04. The van der Waals surface area contributed by atoms with Gasteiger partial charge in [-0.2, -0.15) is 0 Å². The summed E-state index contributed by atoms with van der Waals surface area (Å²) in [6.07, 6.45) is 9.99. The molecule has 1 saturated carbocycles. The van der Waals surface area contributed by atoms with Crippen LogP contribution in [0.4, 0.5) is 0 Å². The molecule has 3 heteroatoms. The normalized spacial score (nSPS) is 28.6. The highest BCUT2D eigenvalue weighted by atomic mass is 15.2. The topological polar surface area (TPSA) is 18.5 Å². The zero-order chi connectivity index (χ0) is 12.9. The van der Waals surface area contributed by atoms with E-state index in [1.807, 2.05) is 0 Å². The number of likely N-dealkylation sites (tertiary alicyclic amines) is 1. The van der Waals surface area contributed by atoms with Crippen LogP contribution in [0.1, 0.15) is 44.9 Å². The molecule has 1 N–H and O–H groups in total. The van der Waals surface area contributed by atoms with Crippen LogP contribution in [0.5, 0.6) is 0 Å². The molecule has 1 atom stereocenters. The average Bonchev–Trinajstić information content (AvgIpc) is 2.90. The van der Waals surface area contributed by atoms with E-state index in [1.54, 1.807) is 0 Å². The van der Waals surface area contributed by atoms with Gasteiger partial charge in [0, 0.05) is 19.1 Å². The quantitative estimate of drug-likeness (QED) is 0.723. The minimum absolute atomic E-state index is 0.783. The van der Waals surface area contributed by atoms with Crippen LogP contribution in [0.3, 0.4) is 0 Å². The van der Waals surface area contributed by atoms with Crippen LogP contribution in [0.25, 0.3) is 0 Å². The van der Waals surface area contributed by atoms with Crippen LogP contribution in [-0.4, -0.2) is 61.7 Å². The third-order valence-corrected chi connectivity index (χ3v) is 5.00. The van der Waals surface area contributed by atoms with Gasteiger partial charge in [-0.25, -0.2) is 0 Å². The highest BCUT2D eigenvalue weighted by Crippen LogP contribution is 2.30. The largest absolute Gasteiger partial charge is 0.313 e. The molecule has 110 valence electrons. The van der Waals surface area contributed by atoms with Crippen molar-refractivity contribution < 1.29 is 0 Å². The minimum Gasteiger partial charge on any atom is -0.313 e. The predicted octanol–water partition coefficient (Wildman–Crippen LogP) is 1.94. The van der Waals surface area contributed by atoms with Crippen molar-refractivity contribution in [2.75, 3.05) is 45.8 Å². The van der Waals surface area contributed by atoms with Gasteiger partial charge in [-0.1, -0.05) is 0 Å². The zero-order valence-electron chi connectivity index (χ0n) is 12.4. The van der Waals surface area contributed by atoms with Gasteiger partial charge in [0.1, 0.15) is 0 Å². The first-order valence-corrected chi connectivity index (χ1v) is 8.58. The van der Waals surface area contributed by atoms with E-state index in [9.17, 15) is 0 Å². The van der Waals surface area contributed by atoms with E-state index in [0.29, 0.717) is 0 Å². The van der Waals surface area contributed by atoms with Crippen molar-refractivity contribution in [2.45, 2.75) is 51.0 Å². The molecule has 3 fully saturated rings. The fourth-order valence-corrected chi connectivity index (χ4v) is 3.67. The Morgan fingerprint density at radius 2 is 1.84 bits per heavy atom. The van der Waals surface area contributed by atoms with Gasteiger partial charge in [0.2, 0.25) is 0 Å². The Morgan fingerprint density at radius 1 is 1.00 bits per heavy atom. The van der Waals surface area contributed by atoms with Crippen molar-refractivity contribution in [3.8, 4) is 0 Å². The standard InChI is InChI=1S/C16H31N3/c1-2-10-18(9-1)11-4-12-19(13-15-6-7-15)14-16-5-3-8-17-16/h15-17H,1-14H2. The number of nitrogens with one attached hydrogen (secondary N) is 1. The Kier molecular flexibility index (Phi) is 5.14. The smallest absolute Gasteiger partial charge is 0.0195 e. The molecule has 0 amide bonds. The van der Waals surface area contributed by atoms with E-state index in [1.165, 1.54) is 90.8 Å². The lowest BCUT2D eigenvalue weighted by atomic mass is 10.2. The molecule has 0 aromatic rings. The van der Waals surface area contributed by atoms with Crippen LogP contribution in [0.2, 0.25) is 0 Å². The third-order valence-electron chi connectivity index (χ3n) is 5.00. The maximum absolute atomic E-state index is 3.66. The van der Waals surface area contributed by atoms with Crippen molar-refractivity contribution in [3.05, 3.63) is 0 Å². The van der Waals surface area contributed by atoms with Gasteiger partial charge in [0.25, 0.3) is 0 Å². The summed E-state index contributed by atoms with van der Waals surface area (Å²) in [5.41, 5.74) is 0. The lowest BCUT2D eigenvalue weighted by molar-refractivity contribution is 0.220. The summed E-state index contributed by atoms with van der Waals surface area (Å²) in [4.78, 5) is 5.42. The van der Waals surface area contributed by atoms with Gasteiger partial charge in [0.05, 0.1) is 0 Å². The van der Waals surface area contributed by atoms with Crippen molar-refractivity contribution in [1.82, 2.24) is 15.1 Å². The summed E-state index contributed by atoms with van der Waals surface area (Å²) in [5, 5.41) is 3.66. The lowest BCUT2D eigenvalue weighted by Crippen LogP contribution is -2.39. The summed E-state index contributed by atoms with van der Waals surface area (Å²) < 4.78 is 0. The van der Waals surface area contributed by atoms with Crippen LogP contribution >= 0.6 is 0 Å². The van der Waals surface area contributed by atoms with E-state index in [4.69, 9.17) is 0 Å². The maximum atomic E-state index is 3.66. The van der Waals surface area contributed by atoms with Gasteiger partial charge < -0.3 is 15.1 Å². The van der Waals surface area contributed by atoms with Crippen molar-refractivity contribution in [3.63, 3.8) is 0 Å². The summed E-state index contributed by atoms with van der Waals surface area (Å²) in [7, 11) is 0. The Morgan fingerprint density at radius 3 is 2.53 bits per heavy atom. The van der Waals surface area contributed by atoms with Crippen molar-refractivity contribution >= 4 is 0 Å². The van der Waals surface area contributed by atoms with E-state index < -0.39 is 0 Å². The third kappa shape index (κ3) is 4.73. The molecule has 0 radical (unpaired) electrons. The molecule has 3 aliphatic rings. The molecule has 2 heterocycles. The molecule has 19 heavy (non-hydrogen) atoms. The molecular formula is C16H31N3. The average molecular weight is 265 g/mol. The van der Waals surface area contributed by atoms with Gasteiger partial charge >= 0.3 is 0 Å². The first-order chi connectivity index (χ1) is 9.40. The second-order valence-corrected chi connectivity index (χ2v) is 6.90. The minimum atomic E-state index is 0.783. The Hall–Kier alpha value is -0.120. The van der Waals surface area contributed by atoms with Crippen LogP contribution in [0, 0.1) is 5.92 Å². The van der Waals surface area contributed by atoms with Crippen molar-refractivity contribution in [2.24, 2.45) is 5.92 Å². The van der Waals surface area contributed by atoms with E-state index in [2.05, 4.69) is 15.1 Å². The van der Waals surface area contributed by atoms with Gasteiger partial charge in [-0.15, -0.1) is 0 Å². The van der Waals surface area contributed by atoms with E-state index in [0.717, 1.165) is 12.0 Å². The summed E-state index contributed by atoms with van der Waals surface area (Å²) in [6.45, 7) is 9.29. The highest BCUT2D eigenvalue weighted by molar-refractivity contribution is 4.82. The Bertz CT molecular complexity index is 253. The second-order valence-electron chi connectivity index (χ2n) is 6.90. The molecule has 2 saturated heterocycles. The molecule has 0 aromatic heterocycles. The second kappa shape index (κ2) is 7.05.